The zero-order valence-corrected chi connectivity index (χ0v) is 11.6. The van der Waals surface area contributed by atoms with E-state index in [1.165, 1.54) is 6.07 Å². The first-order chi connectivity index (χ1) is 10.1. The molecule has 2 N–H and O–H groups in total. The molecule has 0 saturated carbocycles. The number of hydrogen-bond acceptors (Lipinski definition) is 5. The Kier molecular flexibility index (Phi) is 3.09. The molecule has 3 aromatic heterocycles. The topological polar surface area (TPSA) is 93.2 Å². The third-order valence-electron chi connectivity index (χ3n) is 3.27. The van der Waals surface area contributed by atoms with Gasteiger partial charge in [0.15, 0.2) is 5.82 Å². The van der Waals surface area contributed by atoms with Gasteiger partial charge in [-0.1, -0.05) is 0 Å². The number of nitrogens with one attached hydrogen (secondary N) is 1. The molecule has 0 spiro atoms. The van der Waals surface area contributed by atoms with E-state index < -0.39 is 5.97 Å². The standard InChI is InChI=1S/C14H14N4O3/c1-8-10(14(19)20)5-9(21-8)6-16-13-12-11(3-4-15-13)18(2)7-17-12/h3-5,7H,6H2,1-2H3,(H,15,16)(H,19,20). The SMILES string of the molecule is Cc1oc(CNc2nccc3c2ncn3C)cc1C(=O)O. The molecule has 0 amide bonds. The fourth-order valence-electron chi connectivity index (χ4n) is 2.21. The molecule has 0 aliphatic carbocycles. The van der Waals surface area contributed by atoms with Gasteiger partial charge in [0.2, 0.25) is 0 Å². The summed E-state index contributed by atoms with van der Waals surface area (Å²) in [4.78, 5) is 19.5. The first-order valence-electron chi connectivity index (χ1n) is 6.39. The van der Waals surface area contributed by atoms with E-state index in [1.54, 1.807) is 19.4 Å². The van der Waals surface area contributed by atoms with Crippen LogP contribution in [0, 0.1) is 6.92 Å². The summed E-state index contributed by atoms with van der Waals surface area (Å²) in [6.45, 7) is 1.97. The summed E-state index contributed by atoms with van der Waals surface area (Å²) in [7, 11) is 1.91. The van der Waals surface area contributed by atoms with E-state index in [4.69, 9.17) is 9.52 Å². The number of aromatic nitrogens is 3. The quantitative estimate of drug-likeness (QED) is 0.763. The number of anilines is 1. The zero-order valence-electron chi connectivity index (χ0n) is 11.6. The number of imidazole rings is 1. The molecule has 0 fully saturated rings. The first kappa shape index (κ1) is 13.2. The van der Waals surface area contributed by atoms with Crippen LogP contribution < -0.4 is 5.32 Å². The minimum absolute atomic E-state index is 0.177. The van der Waals surface area contributed by atoms with Crippen LogP contribution in [0.25, 0.3) is 11.0 Å². The molecule has 3 aromatic rings. The number of carboxylic acids is 1. The van der Waals surface area contributed by atoms with Crippen LogP contribution in [0.4, 0.5) is 5.82 Å². The van der Waals surface area contributed by atoms with Crippen molar-refractivity contribution in [2.24, 2.45) is 7.05 Å². The monoisotopic (exact) mass is 286 g/mol. The van der Waals surface area contributed by atoms with Gasteiger partial charge in [0, 0.05) is 13.2 Å². The number of hydrogen-bond donors (Lipinski definition) is 2. The van der Waals surface area contributed by atoms with Gasteiger partial charge < -0.3 is 19.4 Å². The number of fused-ring (bicyclic) bond motifs is 1. The van der Waals surface area contributed by atoms with E-state index in [0.717, 1.165) is 11.0 Å². The van der Waals surface area contributed by atoms with E-state index in [0.29, 0.717) is 23.9 Å². The zero-order chi connectivity index (χ0) is 15.0. The molecule has 0 aliphatic heterocycles. The van der Waals surface area contributed by atoms with Crippen molar-refractivity contribution >= 4 is 22.8 Å². The molecule has 21 heavy (non-hydrogen) atoms. The summed E-state index contributed by atoms with van der Waals surface area (Å²) in [5, 5.41) is 12.1. The van der Waals surface area contributed by atoms with Gasteiger partial charge in [0.25, 0.3) is 0 Å². The number of aromatic carboxylic acids is 1. The van der Waals surface area contributed by atoms with Gasteiger partial charge in [-0.25, -0.2) is 14.8 Å². The summed E-state index contributed by atoms with van der Waals surface area (Å²) in [6.07, 6.45) is 3.42. The summed E-state index contributed by atoms with van der Waals surface area (Å²) in [5.41, 5.74) is 1.91. The van der Waals surface area contributed by atoms with Gasteiger partial charge >= 0.3 is 5.97 Å². The minimum atomic E-state index is -0.993. The number of rotatable bonds is 4. The molecule has 0 atom stereocenters. The van der Waals surface area contributed by atoms with E-state index in [9.17, 15) is 4.79 Å². The Bertz CT molecular complexity index is 819. The number of carbonyl (C=O) groups is 1. The fourth-order valence-corrected chi connectivity index (χ4v) is 2.21. The van der Waals surface area contributed by atoms with Crippen LogP contribution in [0.15, 0.2) is 29.1 Å². The summed E-state index contributed by atoms with van der Waals surface area (Å²) >= 11 is 0. The number of furan rings is 1. The predicted molar refractivity (Wildman–Crippen MR) is 76.2 cm³/mol. The van der Waals surface area contributed by atoms with Crippen LogP contribution >= 0.6 is 0 Å². The number of pyridine rings is 1. The molecule has 3 rings (SSSR count). The molecule has 0 radical (unpaired) electrons. The highest BCUT2D eigenvalue weighted by molar-refractivity contribution is 5.89. The van der Waals surface area contributed by atoms with Gasteiger partial charge in [-0.05, 0) is 19.1 Å². The second-order valence-electron chi connectivity index (χ2n) is 4.72. The lowest BCUT2D eigenvalue weighted by Gasteiger charge is -2.04. The maximum absolute atomic E-state index is 11.0. The lowest BCUT2D eigenvalue weighted by Crippen LogP contribution is -2.01. The molecule has 3 heterocycles. The van der Waals surface area contributed by atoms with Crippen LogP contribution in [-0.2, 0) is 13.6 Å². The maximum Gasteiger partial charge on any atom is 0.339 e. The largest absolute Gasteiger partial charge is 0.478 e. The second kappa shape index (κ2) is 4.93. The third-order valence-corrected chi connectivity index (χ3v) is 3.27. The van der Waals surface area contributed by atoms with Gasteiger partial charge in [0.05, 0.1) is 18.4 Å². The van der Waals surface area contributed by atoms with Crippen molar-refractivity contribution < 1.29 is 14.3 Å². The Labute approximate surface area is 120 Å². The van der Waals surface area contributed by atoms with Crippen molar-refractivity contribution in [2.75, 3.05) is 5.32 Å². The molecule has 0 aliphatic rings. The van der Waals surface area contributed by atoms with Gasteiger partial charge in [-0.3, -0.25) is 0 Å². The van der Waals surface area contributed by atoms with Crippen molar-refractivity contribution in [1.29, 1.82) is 0 Å². The highest BCUT2D eigenvalue weighted by atomic mass is 16.4. The predicted octanol–water partition coefficient (Wildman–Crippen LogP) is 2.18. The van der Waals surface area contributed by atoms with Crippen molar-refractivity contribution in [2.45, 2.75) is 13.5 Å². The number of nitrogens with zero attached hydrogens (tertiary/aromatic N) is 3. The van der Waals surface area contributed by atoms with E-state index >= 15 is 0 Å². The van der Waals surface area contributed by atoms with Crippen LogP contribution in [0.1, 0.15) is 21.9 Å². The molecule has 0 aromatic carbocycles. The Balaban J connectivity index is 1.83. The second-order valence-corrected chi connectivity index (χ2v) is 4.72. The molecule has 0 saturated heterocycles. The van der Waals surface area contributed by atoms with Crippen molar-refractivity contribution in [3.8, 4) is 0 Å². The molecule has 7 nitrogen and oxygen atoms in total. The highest BCUT2D eigenvalue weighted by Crippen LogP contribution is 2.20. The summed E-state index contributed by atoms with van der Waals surface area (Å²) in [6, 6.07) is 3.40. The molecule has 108 valence electrons. The summed E-state index contributed by atoms with van der Waals surface area (Å²) < 4.78 is 7.32. The van der Waals surface area contributed by atoms with Crippen LogP contribution in [-0.4, -0.2) is 25.6 Å². The minimum Gasteiger partial charge on any atom is -0.478 e. The smallest absolute Gasteiger partial charge is 0.339 e. The average Bonchev–Trinajstić information content (AvgIpc) is 3.01. The Morgan fingerprint density at radius 1 is 1.48 bits per heavy atom. The summed E-state index contributed by atoms with van der Waals surface area (Å²) in [5.74, 6) is 0.578. The Hall–Kier alpha value is -2.83. The molecule has 0 bridgehead atoms. The van der Waals surface area contributed by atoms with Crippen molar-refractivity contribution in [1.82, 2.24) is 14.5 Å². The molecule has 0 unspecified atom stereocenters. The van der Waals surface area contributed by atoms with E-state index in [2.05, 4.69) is 15.3 Å². The van der Waals surface area contributed by atoms with Crippen LogP contribution in [0.2, 0.25) is 0 Å². The highest BCUT2D eigenvalue weighted by Gasteiger charge is 2.14. The molecule has 7 heteroatoms. The number of carboxylic acid groups (broad SMARTS) is 1. The van der Waals surface area contributed by atoms with E-state index in [1.807, 2.05) is 17.7 Å². The lowest BCUT2D eigenvalue weighted by molar-refractivity contribution is 0.0695. The van der Waals surface area contributed by atoms with Crippen LogP contribution in [0.3, 0.4) is 0 Å². The fraction of sp³-hybridized carbons (Fsp3) is 0.214. The van der Waals surface area contributed by atoms with Crippen molar-refractivity contribution in [3.63, 3.8) is 0 Å². The third kappa shape index (κ3) is 2.33. The van der Waals surface area contributed by atoms with E-state index in [-0.39, 0.29) is 5.56 Å². The van der Waals surface area contributed by atoms with Crippen molar-refractivity contribution in [3.05, 3.63) is 41.7 Å². The molecular formula is C14H14N4O3. The maximum atomic E-state index is 11.0. The Morgan fingerprint density at radius 3 is 3.00 bits per heavy atom. The van der Waals surface area contributed by atoms with Gasteiger partial charge in [-0.2, -0.15) is 0 Å². The Morgan fingerprint density at radius 2 is 2.29 bits per heavy atom. The first-order valence-corrected chi connectivity index (χ1v) is 6.39. The molecular weight excluding hydrogens is 272 g/mol. The van der Waals surface area contributed by atoms with Gasteiger partial charge in [0.1, 0.15) is 22.6 Å². The normalized spacial score (nSPS) is 11.0. The average molecular weight is 286 g/mol. The van der Waals surface area contributed by atoms with Gasteiger partial charge in [-0.15, -0.1) is 0 Å². The lowest BCUT2D eigenvalue weighted by atomic mass is 10.2. The van der Waals surface area contributed by atoms with Crippen LogP contribution in [0.5, 0.6) is 0 Å². The number of aryl methyl sites for hydroxylation is 2.